The number of hydrogen-bond donors (Lipinski definition) is 0. The number of pyridine rings is 1. The first-order valence-electron chi connectivity index (χ1n) is 10.1. The van der Waals surface area contributed by atoms with E-state index in [-0.39, 0.29) is 0 Å². The molecule has 2 heterocycles. The van der Waals surface area contributed by atoms with Gasteiger partial charge in [0.15, 0.2) is 0 Å². The zero-order valence-electron chi connectivity index (χ0n) is 17.7. The van der Waals surface area contributed by atoms with E-state index in [1.54, 1.807) is 0 Å². The molecule has 0 spiro atoms. The van der Waals surface area contributed by atoms with E-state index >= 15 is 0 Å². The second-order valence-corrected chi connectivity index (χ2v) is 9.70. The summed E-state index contributed by atoms with van der Waals surface area (Å²) in [6, 6.07) is 9.11. The molecule has 0 radical (unpaired) electrons. The lowest BCUT2D eigenvalue weighted by atomic mass is 9.92. The standard InChI is InChI=1S/C24H32N2S/c1-14(2)19-8-9-25-21(13-19)17(7)10-18-11-20(15(3)4)23-22(12-18)26-24(27-23)16(5)6/h8-9,11-17H,10H2,1-7H3. The molecule has 1 atom stereocenters. The van der Waals surface area contributed by atoms with Gasteiger partial charge in [0.2, 0.25) is 0 Å². The second-order valence-electron chi connectivity index (χ2n) is 8.67. The minimum atomic E-state index is 0.393. The Balaban J connectivity index is 1.95. The molecular weight excluding hydrogens is 348 g/mol. The molecule has 0 aliphatic heterocycles. The van der Waals surface area contributed by atoms with Crippen LogP contribution in [-0.2, 0) is 6.42 Å². The quantitative estimate of drug-likeness (QED) is 0.445. The molecule has 0 aliphatic rings. The highest BCUT2D eigenvalue weighted by Gasteiger charge is 2.16. The third-order valence-corrected chi connectivity index (χ3v) is 6.65. The predicted molar refractivity (Wildman–Crippen MR) is 118 cm³/mol. The van der Waals surface area contributed by atoms with Crippen molar-refractivity contribution in [2.45, 2.75) is 78.6 Å². The number of nitrogens with zero attached hydrogens (tertiary/aromatic N) is 2. The molecule has 144 valence electrons. The van der Waals surface area contributed by atoms with Crippen molar-refractivity contribution in [1.29, 1.82) is 0 Å². The van der Waals surface area contributed by atoms with Gasteiger partial charge in [-0.25, -0.2) is 4.98 Å². The number of thiazole rings is 1. The minimum absolute atomic E-state index is 0.393. The van der Waals surface area contributed by atoms with Crippen LogP contribution in [0.3, 0.4) is 0 Å². The van der Waals surface area contributed by atoms with Crippen molar-refractivity contribution in [2.75, 3.05) is 0 Å². The lowest BCUT2D eigenvalue weighted by Gasteiger charge is -2.15. The summed E-state index contributed by atoms with van der Waals surface area (Å²) in [5, 5.41) is 1.24. The first-order chi connectivity index (χ1) is 12.8. The minimum Gasteiger partial charge on any atom is -0.261 e. The molecule has 2 nitrogen and oxygen atoms in total. The summed E-state index contributed by atoms with van der Waals surface area (Å²) in [6.45, 7) is 15.8. The SMILES string of the molecule is CC(C)c1ccnc(C(C)Cc2cc(C(C)C)c3sc(C(C)C)nc3c2)c1. The normalized spacial score (nSPS) is 13.3. The molecule has 1 unspecified atom stereocenters. The Morgan fingerprint density at radius 2 is 1.63 bits per heavy atom. The van der Waals surface area contributed by atoms with Gasteiger partial charge in [0.1, 0.15) is 0 Å². The molecule has 2 aromatic heterocycles. The van der Waals surface area contributed by atoms with Gasteiger partial charge in [-0.1, -0.05) is 54.5 Å². The van der Waals surface area contributed by atoms with E-state index in [1.807, 2.05) is 17.5 Å². The number of fused-ring (bicyclic) bond motifs is 1. The largest absolute Gasteiger partial charge is 0.261 e. The van der Waals surface area contributed by atoms with Crippen molar-refractivity contribution in [3.05, 3.63) is 57.9 Å². The Kier molecular flexibility index (Phi) is 6.00. The number of aromatic nitrogens is 2. The highest BCUT2D eigenvalue weighted by molar-refractivity contribution is 7.18. The van der Waals surface area contributed by atoms with Gasteiger partial charge < -0.3 is 0 Å². The molecule has 3 heteroatoms. The summed E-state index contributed by atoms with van der Waals surface area (Å²) in [7, 11) is 0. The summed E-state index contributed by atoms with van der Waals surface area (Å²) < 4.78 is 1.37. The Morgan fingerprint density at radius 3 is 2.26 bits per heavy atom. The highest BCUT2D eigenvalue weighted by Crippen LogP contribution is 2.35. The zero-order chi connectivity index (χ0) is 19.7. The maximum atomic E-state index is 4.94. The average molecular weight is 381 g/mol. The third kappa shape index (κ3) is 4.40. The summed E-state index contributed by atoms with van der Waals surface area (Å²) >= 11 is 1.87. The molecule has 27 heavy (non-hydrogen) atoms. The van der Waals surface area contributed by atoms with Crippen molar-refractivity contribution in [3.8, 4) is 0 Å². The summed E-state index contributed by atoms with van der Waals surface area (Å²) in [5.74, 6) is 1.91. The Hall–Kier alpha value is -1.74. The van der Waals surface area contributed by atoms with Crippen LogP contribution in [0.5, 0.6) is 0 Å². The lowest BCUT2D eigenvalue weighted by molar-refractivity contribution is 0.722. The average Bonchev–Trinajstić information content (AvgIpc) is 3.05. The van der Waals surface area contributed by atoms with Gasteiger partial charge in [0.25, 0.3) is 0 Å². The first-order valence-corrected chi connectivity index (χ1v) is 11.0. The molecule has 0 saturated heterocycles. The first kappa shape index (κ1) is 20.0. The van der Waals surface area contributed by atoms with Crippen LogP contribution >= 0.6 is 11.3 Å². The smallest absolute Gasteiger partial charge is 0.0964 e. The van der Waals surface area contributed by atoms with E-state index in [0.29, 0.717) is 23.7 Å². The molecule has 3 aromatic rings. The summed E-state index contributed by atoms with van der Waals surface area (Å²) in [5.41, 5.74) is 6.53. The molecule has 0 bridgehead atoms. The molecule has 1 aromatic carbocycles. The monoisotopic (exact) mass is 380 g/mol. The molecule has 0 saturated carbocycles. The van der Waals surface area contributed by atoms with Crippen LogP contribution in [0.2, 0.25) is 0 Å². The lowest BCUT2D eigenvalue weighted by Crippen LogP contribution is -2.03. The topological polar surface area (TPSA) is 25.8 Å². The van der Waals surface area contributed by atoms with Gasteiger partial charge in [-0.2, -0.15) is 0 Å². The molecule has 0 amide bonds. The fourth-order valence-corrected chi connectivity index (χ4v) is 4.69. The van der Waals surface area contributed by atoms with Gasteiger partial charge in [-0.05, 0) is 53.1 Å². The zero-order valence-corrected chi connectivity index (χ0v) is 18.5. The van der Waals surface area contributed by atoms with Crippen molar-refractivity contribution >= 4 is 21.6 Å². The molecule has 0 N–H and O–H groups in total. The van der Waals surface area contributed by atoms with E-state index in [0.717, 1.165) is 6.42 Å². The number of rotatable bonds is 6. The number of benzene rings is 1. The Morgan fingerprint density at radius 1 is 0.889 bits per heavy atom. The van der Waals surface area contributed by atoms with Crippen molar-refractivity contribution in [3.63, 3.8) is 0 Å². The van der Waals surface area contributed by atoms with E-state index in [2.05, 4.69) is 77.7 Å². The van der Waals surface area contributed by atoms with Crippen LogP contribution in [0.4, 0.5) is 0 Å². The number of hydrogen-bond acceptors (Lipinski definition) is 3. The summed E-state index contributed by atoms with van der Waals surface area (Å²) in [6.07, 6.45) is 2.96. The van der Waals surface area contributed by atoms with Crippen LogP contribution in [-0.4, -0.2) is 9.97 Å². The Labute approximate surface area is 168 Å². The second kappa shape index (κ2) is 8.10. The van der Waals surface area contributed by atoms with Gasteiger partial charge >= 0.3 is 0 Å². The van der Waals surface area contributed by atoms with Crippen LogP contribution < -0.4 is 0 Å². The van der Waals surface area contributed by atoms with Crippen LogP contribution in [0.25, 0.3) is 10.2 Å². The van der Waals surface area contributed by atoms with Crippen LogP contribution in [0, 0.1) is 0 Å². The third-order valence-electron chi connectivity index (χ3n) is 5.23. The van der Waals surface area contributed by atoms with Gasteiger partial charge in [-0.3, -0.25) is 4.98 Å². The molecule has 0 fully saturated rings. The molecule has 3 rings (SSSR count). The van der Waals surface area contributed by atoms with E-state index in [1.165, 1.54) is 37.6 Å². The van der Waals surface area contributed by atoms with Crippen molar-refractivity contribution < 1.29 is 0 Å². The van der Waals surface area contributed by atoms with E-state index in [9.17, 15) is 0 Å². The fraction of sp³-hybridized carbons (Fsp3) is 0.500. The van der Waals surface area contributed by atoms with E-state index < -0.39 is 0 Å². The molecular formula is C24H32N2S. The molecule has 0 aliphatic carbocycles. The summed E-state index contributed by atoms with van der Waals surface area (Å²) in [4.78, 5) is 9.59. The van der Waals surface area contributed by atoms with Crippen molar-refractivity contribution in [1.82, 2.24) is 9.97 Å². The van der Waals surface area contributed by atoms with Gasteiger partial charge in [0.05, 0.1) is 15.2 Å². The van der Waals surface area contributed by atoms with Crippen LogP contribution in [0.1, 0.15) is 99.5 Å². The van der Waals surface area contributed by atoms with Gasteiger partial charge in [0, 0.05) is 23.7 Å². The van der Waals surface area contributed by atoms with Crippen molar-refractivity contribution in [2.24, 2.45) is 0 Å². The van der Waals surface area contributed by atoms with Gasteiger partial charge in [-0.15, -0.1) is 11.3 Å². The van der Waals surface area contributed by atoms with E-state index in [4.69, 9.17) is 4.98 Å². The highest BCUT2D eigenvalue weighted by atomic mass is 32.1. The predicted octanol–water partition coefficient (Wildman–Crippen LogP) is 7.41. The Bertz CT molecular complexity index is 921. The van der Waals surface area contributed by atoms with Crippen LogP contribution in [0.15, 0.2) is 30.5 Å². The maximum Gasteiger partial charge on any atom is 0.0964 e. The fourth-order valence-electron chi connectivity index (χ4n) is 3.48. The maximum absolute atomic E-state index is 4.94.